The van der Waals surface area contributed by atoms with Gasteiger partial charge in [-0.2, -0.15) is 0 Å². The summed E-state index contributed by atoms with van der Waals surface area (Å²) in [4.78, 5) is 11.8. The monoisotopic (exact) mass is 190 g/mol. The average molecular weight is 190 g/mol. The van der Waals surface area contributed by atoms with Gasteiger partial charge in [-0.25, -0.2) is 0 Å². The van der Waals surface area contributed by atoms with Crippen molar-refractivity contribution in [3.05, 3.63) is 48.6 Å². The molecular weight excluding hydrogens is 176 g/mol. The lowest BCUT2D eigenvalue weighted by Gasteiger charge is -2.09. The van der Waals surface area contributed by atoms with Crippen molar-refractivity contribution >= 4 is 5.78 Å². The number of hydrogen-bond acceptors (Lipinski definition) is 2. The molecule has 74 valence electrons. The second-order valence-corrected chi connectivity index (χ2v) is 3.13. The third-order valence-electron chi connectivity index (χ3n) is 2.10. The van der Waals surface area contributed by atoms with Crippen molar-refractivity contribution in [2.75, 3.05) is 6.61 Å². The minimum atomic E-state index is -0.352. The lowest BCUT2D eigenvalue weighted by molar-refractivity contribution is 0.0863. The molecule has 0 aliphatic rings. The van der Waals surface area contributed by atoms with Gasteiger partial charge in [0.25, 0.3) is 0 Å². The molecule has 1 atom stereocenters. The Labute approximate surface area is 83.9 Å². The van der Waals surface area contributed by atoms with Crippen LogP contribution in [0.2, 0.25) is 0 Å². The highest BCUT2D eigenvalue weighted by Gasteiger charge is 2.16. The van der Waals surface area contributed by atoms with E-state index >= 15 is 0 Å². The molecule has 0 amide bonds. The zero-order chi connectivity index (χ0) is 10.4. The van der Waals surface area contributed by atoms with Crippen LogP contribution in [0.15, 0.2) is 43.0 Å². The third kappa shape index (κ3) is 2.54. The summed E-state index contributed by atoms with van der Waals surface area (Å²) in [6.07, 6.45) is 2.17. The minimum absolute atomic E-state index is 0.0204. The largest absolute Gasteiger partial charge is 0.396 e. The normalized spacial score (nSPS) is 12.1. The van der Waals surface area contributed by atoms with Crippen LogP contribution >= 0.6 is 0 Å². The molecule has 0 radical (unpaired) electrons. The first kappa shape index (κ1) is 10.7. The molecule has 1 unspecified atom stereocenters. The maximum atomic E-state index is 11.8. The molecule has 14 heavy (non-hydrogen) atoms. The number of carbonyl (C=O) groups is 1. The molecule has 0 aliphatic carbocycles. The molecule has 0 saturated heterocycles. The number of benzene rings is 1. The molecule has 2 nitrogen and oxygen atoms in total. The first-order valence-electron chi connectivity index (χ1n) is 4.60. The van der Waals surface area contributed by atoms with E-state index in [9.17, 15) is 4.79 Å². The molecule has 1 aromatic carbocycles. The number of Topliss-reactive ketones (excluding diaryl/α,β-unsaturated/α-hetero) is 1. The summed E-state index contributed by atoms with van der Waals surface area (Å²) in [7, 11) is 0. The average Bonchev–Trinajstić information content (AvgIpc) is 2.26. The van der Waals surface area contributed by atoms with Gasteiger partial charge < -0.3 is 5.11 Å². The first-order valence-corrected chi connectivity index (χ1v) is 4.60. The zero-order valence-electron chi connectivity index (χ0n) is 8.02. The SMILES string of the molecule is C=CCC(CO)C(=O)c1ccccc1. The Balaban J connectivity index is 2.78. The Morgan fingerprint density at radius 1 is 1.43 bits per heavy atom. The van der Waals surface area contributed by atoms with Crippen LogP contribution in [-0.2, 0) is 0 Å². The van der Waals surface area contributed by atoms with E-state index in [1.807, 2.05) is 18.2 Å². The Morgan fingerprint density at radius 2 is 2.07 bits per heavy atom. The van der Waals surface area contributed by atoms with E-state index in [2.05, 4.69) is 6.58 Å². The molecular formula is C12H14O2. The number of aliphatic hydroxyl groups is 1. The summed E-state index contributed by atoms with van der Waals surface area (Å²) in [5.41, 5.74) is 0.647. The number of aliphatic hydroxyl groups excluding tert-OH is 1. The topological polar surface area (TPSA) is 37.3 Å². The molecule has 0 fully saturated rings. The van der Waals surface area contributed by atoms with E-state index in [0.717, 1.165) is 0 Å². The van der Waals surface area contributed by atoms with Crippen molar-refractivity contribution in [2.45, 2.75) is 6.42 Å². The zero-order valence-corrected chi connectivity index (χ0v) is 8.02. The maximum absolute atomic E-state index is 11.8. The van der Waals surface area contributed by atoms with Crippen molar-refractivity contribution in [1.82, 2.24) is 0 Å². The standard InChI is InChI=1S/C12H14O2/c1-2-6-11(9-13)12(14)10-7-4-3-5-8-10/h2-5,7-8,11,13H,1,6,9H2. The molecule has 1 N–H and O–H groups in total. The molecule has 0 bridgehead atoms. The summed E-state index contributed by atoms with van der Waals surface area (Å²) in [5, 5.41) is 9.02. The Hall–Kier alpha value is -1.41. The van der Waals surface area contributed by atoms with Crippen LogP contribution in [0.4, 0.5) is 0 Å². The van der Waals surface area contributed by atoms with E-state index in [1.54, 1.807) is 18.2 Å². The maximum Gasteiger partial charge on any atom is 0.168 e. The van der Waals surface area contributed by atoms with Crippen LogP contribution in [-0.4, -0.2) is 17.5 Å². The third-order valence-corrected chi connectivity index (χ3v) is 2.10. The van der Waals surface area contributed by atoms with Gasteiger partial charge in [-0.1, -0.05) is 36.4 Å². The fourth-order valence-corrected chi connectivity index (χ4v) is 1.30. The second-order valence-electron chi connectivity index (χ2n) is 3.13. The molecule has 1 rings (SSSR count). The van der Waals surface area contributed by atoms with Gasteiger partial charge in [-0.3, -0.25) is 4.79 Å². The van der Waals surface area contributed by atoms with Crippen LogP contribution in [0.5, 0.6) is 0 Å². The number of allylic oxidation sites excluding steroid dienone is 1. The number of ketones is 1. The number of rotatable bonds is 5. The smallest absolute Gasteiger partial charge is 0.168 e. The highest BCUT2D eigenvalue weighted by Crippen LogP contribution is 2.12. The van der Waals surface area contributed by atoms with Gasteiger partial charge in [-0.05, 0) is 6.42 Å². The van der Waals surface area contributed by atoms with Crippen LogP contribution in [0.25, 0.3) is 0 Å². The van der Waals surface area contributed by atoms with E-state index in [-0.39, 0.29) is 18.3 Å². The lowest BCUT2D eigenvalue weighted by atomic mass is 9.95. The summed E-state index contributed by atoms with van der Waals surface area (Å²) in [6.45, 7) is 3.44. The van der Waals surface area contributed by atoms with E-state index in [0.29, 0.717) is 12.0 Å². The highest BCUT2D eigenvalue weighted by molar-refractivity contribution is 5.97. The molecule has 0 spiro atoms. The Morgan fingerprint density at radius 3 is 2.57 bits per heavy atom. The van der Waals surface area contributed by atoms with Gasteiger partial charge in [0.15, 0.2) is 5.78 Å². The molecule has 2 heteroatoms. The van der Waals surface area contributed by atoms with Gasteiger partial charge in [-0.15, -0.1) is 6.58 Å². The Bertz CT molecular complexity index is 303. The highest BCUT2D eigenvalue weighted by atomic mass is 16.3. The van der Waals surface area contributed by atoms with Gasteiger partial charge in [0.1, 0.15) is 0 Å². The van der Waals surface area contributed by atoms with E-state index in [4.69, 9.17) is 5.11 Å². The van der Waals surface area contributed by atoms with Crippen LogP contribution in [0, 0.1) is 5.92 Å². The predicted molar refractivity (Wildman–Crippen MR) is 56.2 cm³/mol. The minimum Gasteiger partial charge on any atom is -0.396 e. The van der Waals surface area contributed by atoms with Gasteiger partial charge in [0.05, 0.1) is 6.61 Å². The second kappa shape index (κ2) is 5.35. The summed E-state index contributed by atoms with van der Waals surface area (Å²) in [6, 6.07) is 9.01. The fourth-order valence-electron chi connectivity index (χ4n) is 1.30. The van der Waals surface area contributed by atoms with Crippen molar-refractivity contribution in [3.8, 4) is 0 Å². The number of carbonyl (C=O) groups excluding carboxylic acids is 1. The van der Waals surface area contributed by atoms with E-state index < -0.39 is 0 Å². The molecule has 1 aromatic rings. The van der Waals surface area contributed by atoms with Crippen LogP contribution in [0.3, 0.4) is 0 Å². The quantitative estimate of drug-likeness (QED) is 0.570. The van der Waals surface area contributed by atoms with Gasteiger partial charge in [0, 0.05) is 11.5 Å². The molecule has 0 heterocycles. The van der Waals surface area contributed by atoms with Crippen molar-refractivity contribution in [1.29, 1.82) is 0 Å². The van der Waals surface area contributed by atoms with Crippen molar-refractivity contribution in [2.24, 2.45) is 5.92 Å². The van der Waals surface area contributed by atoms with E-state index in [1.165, 1.54) is 0 Å². The fraction of sp³-hybridized carbons (Fsp3) is 0.250. The Kier molecular flexibility index (Phi) is 4.08. The van der Waals surface area contributed by atoms with Crippen molar-refractivity contribution in [3.63, 3.8) is 0 Å². The summed E-state index contributed by atoms with van der Waals surface area (Å²) >= 11 is 0. The lowest BCUT2D eigenvalue weighted by Crippen LogP contribution is -2.17. The van der Waals surface area contributed by atoms with Gasteiger partial charge in [0.2, 0.25) is 0 Å². The summed E-state index contributed by atoms with van der Waals surface area (Å²) in [5.74, 6) is -0.372. The molecule has 0 aromatic heterocycles. The molecule has 0 saturated carbocycles. The van der Waals surface area contributed by atoms with Crippen molar-refractivity contribution < 1.29 is 9.90 Å². The van der Waals surface area contributed by atoms with Crippen LogP contribution < -0.4 is 0 Å². The molecule has 0 aliphatic heterocycles. The summed E-state index contributed by atoms with van der Waals surface area (Å²) < 4.78 is 0. The number of hydrogen-bond donors (Lipinski definition) is 1. The predicted octanol–water partition coefficient (Wildman–Crippen LogP) is 2.05. The van der Waals surface area contributed by atoms with Gasteiger partial charge >= 0.3 is 0 Å². The van der Waals surface area contributed by atoms with Crippen LogP contribution in [0.1, 0.15) is 16.8 Å². The first-order chi connectivity index (χ1) is 6.79.